The normalized spacial score (nSPS) is 54.8. The van der Waals surface area contributed by atoms with Gasteiger partial charge in [-0.25, -0.2) is 0 Å². The van der Waals surface area contributed by atoms with Crippen molar-refractivity contribution in [3.63, 3.8) is 0 Å². The van der Waals surface area contributed by atoms with E-state index in [1.165, 1.54) is 64.2 Å². The van der Waals surface area contributed by atoms with E-state index in [1.54, 1.807) is 6.42 Å². The van der Waals surface area contributed by atoms with E-state index in [0.717, 1.165) is 35.5 Å². The summed E-state index contributed by atoms with van der Waals surface area (Å²) in [5.74, 6) is 5.83. The van der Waals surface area contributed by atoms with Gasteiger partial charge in [0.25, 0.3) is 0 Å². The number of allylic oxidation sites excluding steroid dienone is 1. The zero-order chi connectivity index (χ0) is 16.9. The summed E-state index contributed by atoms with van der Waals surface area (Å²) in [6.07, 6.45) is 18.8. The number of fused-ring (bicyclic) bond motifs is 5. The fourth-order valence-electron chi connectivity index (χ4n) is 8.41. The SMILES string of the molecule is C=C[C@H]1CCC2C3CCC4C[C@@H](C)CCCC4(C)C3CCC[C@@]21C. The predicted molar refractivity (Wildman–Crippen MR) is 104 cm³/mol. The summed E-state index contributed by atoms with van der Waals surface area (Å²) >= 11 is 0. The van der Waals surface area contributed by atoms with E-state index < -0.39 is 0 Å². The third kappa shape index (κ3) is 2.45. The average Bonchev–Trinajstić information content (AvgIpc) is 2.68. The molecule has 4 aliphatic carbocycles. The Morgan fingerprint density at radius 2 is 1.54 bits per heavy atom. The van der Waals surface area contributed by atoms with E-state index in [-0.39, 0.29) is 0 Å². The monoisotopic (exact) mass is 328 g/mol. The fraction of sp³-hybridized carbons (Fsp3) is 0.917. The molecule has 4 aliphatic rings. The minimum atomic E-state index is 0.572. The van der Waals surface area contributed by atoms with Crippen LogP contribution in [0.3, 0.4) is 0 Å². The average molecular weight is 329 g/mol. The van der Waals surface area contributed by atoms with E-state index in [1.807, 2.05) is 0 Å². The van der Waals surface area contributed by atoms with Crippen molar-refractivity contribution >= 4 is 0 Å². The molecular weight excluding hydrogens is 288 g/mol. The van der Waals surface area contributed by atoms with E-state index in [0.29, 0.717) is 10.8 Å². The van der Waals surface area contributed by atoms with Crippen LogP contribution in [0.25, 0.3) is 0 Å². The lowest BCUT2D eigenvalue weighted by molar-refractivity contribution is -0.0467. The highest BCUT2D eigenvalue weighted by atomic mass is 14.6. The highest BCUT2D eigenvalue weighted by molar-refractivity contribution is 5.09. The molecule has 0 bridgehead atoms. The van der Waals surface area contributed by atoms with Crippen LogP contribution in [-0.2, 0) is 0 Å². The Balaban J connectivity index is 1.66. The van der Waals surface area contributed by atoms with Crippen molar-refractivity contribution in [1.82, 2.24) is 0 Å². The smallest absolute Gasteiger partial charge is 0.0179 e. The Morgan fingerprint density at radius 3 is 2.33 bits per heavy atom. The molecule has 0 aliphatic heterocycles. The van der Waals surface area contributed by atoms with Crippen molar-refractivity contribution < 1.29 is 0 Å². The molecule has 0 aromatic rings. The van der Waals surface area contributed by atoms with E-state index >= 15 is 0 Å². The molecule has 24 heavy (non-hydrogen) atoms. The van der Waals surface area contributed by atoms with Gasteiger partial charge in [-0.2, -0.15) is 0 Å². The van der Waals surface area contributed by atoms with Crippen molar-refractivity contribution in [2.45, 2.75) is 91.4 Å². The lowest BCUT2D eigenvalue weighted by atomic mass is 9.51. The molecule has 0 spiro atoms. The summed E-state index contributed by atoms with van der Waals surface area (Å²) in [5.41, 5.74) is 1.23. The van der Waals surface area contributed by atoms with Crippen LogP contribution in [0.5, 0.6) is 0 Å². The maximum Gasteiger partial charge on any atom is -0.0179 e. The van der Waals surface area contributed by atoms with Gasteiger partial charge in [-0.1, -0.05) is 46.1 Å². The third-order valence-electron chi connectivity index (χ3n) is 9.76. The first-order chi connectivity index (χ1) is 11.5. The summed E-state index contributed by atoms with van der Waals surface area (Å²) in [5, 5.41) is 0. The zero-order valence-electron chi connectivity index (χ0n) is 16.5. The maximum absolute atomic E-state index is 4.21. The van der Waals surface area contributed by atoms with Crippen molar-refractivity contribution in [3.8, 4) is 0 Å². The van der Waals surface area contributed by atoms with Gasteiger partial charge < -0.3 is 0 Å². The van der Waals surface area contributed by atoms with Gasteiger partial charge in [-0.05, 0) is 97.7 Å². The fourth-order valence-corrected chi connectivity index (χ4v) is 8.41. The standard InChI is InChI=1S/C24H40/c1-5-18-11-13-22-20-12-10-19-16-17(2)8-6-14-24(19,4)21(20)9-7-15-23(18,22)3/h5,17-22H,1,6-16H2,2-4H3/t17-,18-,19?,20?,21?,22?,23+,24?/m0/s1. The molecule has 0 N–H and O–H groups in total. The van der Waals surface area contributed by atoms with E-state index in [9.17, 15) is 0 Å². The topological polar surface area (TPSA) is 0 Å². The second-order valence-corrected chi connectivity index (χ2v) is 10.7. The zero-order valence-corrected chi connectivity index (χ0v) is 16.5. The van der Waals surface area contributed by atoms with Gasteiger partial charge in [-0.15, -0.1) is 6.58 Å². The van der Waals surface area contributed by atoms with Crippen LogP contribution in [0, 0.1) is 46.3 Å². The summed E-state index contributed by atoms with van der Waals surface area (Å²) < 4.78 is 0. The largest absolute Gasteiger partial charge is 0.103 e. The van der Waals surface area contributed by atoms with Crippen LogP contribution >= 0.6 is 0 Å². The van der Waals surface area contributed by atoms with E-state index in [2.05, 4.69) is 33.4 Å². The molecule has 0 amide bonds. The van der Waals surface area contributed by atoms with Gasteiger partial charge in [0.2, 0.25) is 0 Å². The Kier molecular flexibility index (Phi) is 4.41. The first-order valence-electron chi connectivity index (χ1n) is 11.1. The molecule has 0 aromatic heterocycles. The molecule has 8 atom stereocenters. The summed E-state index contributed by atoms with van der Waals surface area (Å²) in [4.78, 5) is 0. The van der Waals surface area contributed by atoms with Crippen molar-refractivity contribution in [1.29, 1.82) is 0 Å². The molecule has 0 nitrogen and oxygen atoms in total. The molecule has 0 radical (unpaired) electrons. The van der Waals surface area contributed by atoms with Gasteiger partial charge in [0.1, 0.15) is 0 Å². The molecule has 0 heterocycles. The van der Waals surface area contributed by atoms with Crippen LogP contribution in [0.2, 0.25) is 0 Å². The van der Waals surface area contributed by atoms with Crippen LogP contribution in [-0.4, -0.2) is 0 Å². The maximum atomic E-state index is 4.21. The van der Waals surface area contributed by atoms with Gasteiger partial charge in [-0.3, -0.25) is 0 Å². The molecule has 0 heteroatoms. The van der Waals surface area contributed by atoms with Crippen LogP contribution < -0.4 is 0 Å². The number of hydrogen-bond acceptors (Lipinski definition) is 0. The Labute approximate surface area is 150 Å². The van der Waals surface area contributed by atoms with Crippen molar-refractivity contribution in [3.05, 3.63) is 12.7 Å². The molecular formula is C24H40. The minimum Gasteiger partial charge on any atom is -0.103 e. The summed E-state index contributed by atoms with van der Waals surface area (Å²) in [6.45, 7) is 12.1. The Morgan fingerprint density at radius 1 is 0.833 bits per heavy atom. The van der Waals surface area contributed by atoms with Crippen LogP contribution in [0.4, 0.5) is 0 Å². The van der Waals surface area contributed by atoms with Gasteiger partial charge in [0, 0.05) is 0 Å². The van der Waals surface area contributed by atoms with Gasteiger partial charge >= 0.3 is 0 Å². The Hall–Kier alpha value is -0.260. The van der Waals surface area contributed by atoms with Gasteiger partial charge in [0.15, 0.2) is 0 Å². The summed E-state index contributed by atoms with van der Waals surface area (Å²) in [7, 11) is 0. The lowest BCUT2D eigenvalue weighted by Gasteiger charge is -2.54. The lowest BCUT2D eigenvalue weighted by Crippen LogP contribution is -2.46. The molecule has 0 saturated heterocycles. The van der Waals surface area contributed by atoms with E-state index in [4.69, 9.17) is 0 Å². The summed E-state index contributed by atoms with van der Waals surface area (Å²) in [6, 6.07) is 0. The van der Waals surface area contributed by atoms with Gasteiger partial charge in [0.05, 0.1) is 0 Å². The minimum absolute atomic E-state index is 0.572. The highest BCUT2D eigenvalue weighted by Crippen LogP contribution is 2.65. The molecule has 4 saturated carbocycles. The first-order valence-corrected chi connectivity index (χ1v) is 11.1. The molecule has 4 fully saturated rings. The highest BCUT2D eigenvalue weighted by Gasteiger charge is 2.57. The molecule has 4 rings (SSSR count). The number of rotatable bonds is 1. The first kappa shape index (κ1) is 17.2. The van der Waals surface area contributed by atoms with Crippen molar-refractivity contribution in [2.75, 3.05) is 0 Å². The third-order valence-corrected chi connectivity index (χ3v) is 9.76. The second-order valence-electron chi connectivity index (χ2n) is 10.7. The molecule has 136 valence electrons. The quantitative estimate of drug-likeness (QED) is 0.445. The predicted octanol–water partition coefficient (Wildman–Crippen LogP) is 7.25. The van der Waals surface area contributed by atoms with Crippen molar-refractivity contribution in [2.24, 2.45) is 46.3 Å². The second kappa shape index (κ2) is 6.17. The molecule has 5 unspecified atom stereocenters. The number of hydrogen-bond donors (Lipinski definition) is 0. The van der Waals surface area contributed by atoms with Crippen LogP contribution in [0.15, 0.2) is 12.7 Å². The van der Waals surface area contributed by atoms with Crippen LogP contribution in [0.1, 0.15) is 91.4 Å². The molecule has 0 aromatic carbocycles. The Bertz CT molecular complexity index is 478.